The molecule has 0 heterocycles. The van der Waals surface area contributed by atoms with Crippen LogP contribution in [0.5, 0.6) is 0 Å². The van der Waals surface area contributed by atoms with Crippen molar-refractivity contribution in [1.82, 2.24) is 0 Å². The molecule has 0 bridgehead atoms. The van der Waals surface area contributed by atoms with Crippen molar-refractivity contribution in [1.29, 1.82) is 0 Å². The van der Waals surface area contributed by atoms with Crippen LogP contribution in [0.15, 0.2) is 0 Å². The Labute approximate surface area is 60.6 Å². The van der Waals surface area contributed by atoms with E-state index in [2.05, 4.69) is 13.8 Å². The summed E-state index contributed by atoms with van der Waals surface area (Å²) in [7, 11) is 0. The van der Waals surface area contributed by atoms with Crippen molar-refractivity contribution in [3.63, 3.8) is 0 Å². The molecule has 0 saturated heterocycles. The Kier molecular flexibility index (Phi) is 2.27. The minimum Gasteiger partial charge on any atom is -0.210 e. The molecule has 3 atom stereocenters. The number of rotatable bonds is 3. The summed E-state index contributed by atoms with van der Waals surface area (Å²) >= 11 is 0. The van der Waals surface area contributed by atoms with E-state index in [0.29, 0.717) is 11.8 Å². The highest BCUT2D eigenvalue weighted by Crippen LogP contribution is 2.48. The van der Waals surface area contributed by atoms with Gasteiger partial charge in [-0.3, -0.25) is 0 Å². The van der Waals surface area contributed by atoms with Crippen LogP contribution >= 0.6 is 0 Å². The maximum absolute atomic E-state index is 12.0. The highest BCUT2D eigenvalue weighted by Gasteiger charge is 2.46. The molecule has 1 fully saturated rings. The van der Waals surface area contributed by atoms with Crippen LogP contribution in [0.25, 0.3) is 0 Å². The second kappa shape index (κ2) is 2.85. The fraction of sp³-hybridized carbons (Fsp3) is 1.00. The summed E-state index contributed by atoms with van der Waals surface area (Å²) in [6.07, 6.45) is -0.278. The zero-order valence-electron chi connectivity index (χ0n) is 6.48. The van der Waals surface area contributed by atoms with E-state index >= 15 is 0 Å². The maximum atomic E-state index is 12.0. The van der Waals surface area contributed by atoms with Gasteiger partial charge in [-0.1, -0.05) is 20.3 Å². The van der Waals surface area contributed by atoms with E-state index in [0.717, 1.165) is 12.8 Å². The molecule has 0 amide bonds. The van der Waals surface area contributed by atoms with Gasteiger partial charge in [-0.25, -0.2) is 8.78 Å². The van der Waals surface area contributed by atoms with E-state index in [1.165, 1.54) is 0 Å². The fourth-order valence-corrected chi connectivity index (χ4v) is 1.48. The molecule has 0 N–H and O–H groups in total. The zero-order valence-corrected chi connectivity index (χ0v) is 6.48. The first-order chi connectivity index (χ1) is 4.66. The van der Waals surface area contributed by atoms with Gasteiger partial charge in [-0.15, -0.1) is 0 Å². The third-order valence-electron chi connectivity index (χ3n) is 2.59. The average molecular weight is 148 g/mol. The van der Waals surface area contributed by atoms with Crippen LogP contribution in [0.2, 0.25) is 0 Å². The lowest BCUT2D eigenvalue weighted by Crippen LogP contribution is -2.02. The van der Waals surface area contributed by atoms with Crippen molar-refractivity contribution in [2.45, 2.75) is 33.1 Å². The largest absolute Gasteiger partial charge is 0.241 e. The first kappa shape index (κ1) is 7.96. The van der Waals surface area contributed by atoms with Gasteiger partial charge in [0.2, 0.25) is 6.43 Å². The zero-order chi connectivity index (χ0) is 7.72. The summed E-state index contributed by atoms with van der Waals surface area (Å²) in [6, 6.07) is 0. The van der Waals surface area contributed by atoms with Gasteiger partial charge in [0.15, 0.2) is 0 Å². The van der Waals surface area contributed by atoms with Gasteiger partial charge in [0.25, 0.3) is 0 Å². The van der Waals surface area contributed by atoms with Gasteiger partial charge in [-0.2, -0.15) is 0 Å². The summed E-state index contributed by atoms with van der Waals surface area (Å²) in [5, 5.41) is 0. The molecule has 0 aromatic carbocycles. The Morgan fingerprint density at radius 2 is 2.00 bits per heavy atom. The van der Waals surface area contributed by atoms with Crippen LogP contribution in [-0.4, -0.2) is 6.43 Å². The lowest BCUT2D eigenvalue weighted by molar-refractivity contribution is 0.111. The van der Waals surface area contributed by atoms with E-state index in [9.17, 15) is 8.78 Å². The average Bonchev–Trinajstić information content (AvgIpc) is 2.64. The summed E-state index contributed by atoms with van der Waals surface area (Å²) in [5.41, 5.74) is 0. The van der Waals surface area contributed by atoms with Gasteiger partial charge in [0, 0.05) is 5.92 Å². The molecule has 60 valence electrons. The highest BCUT2D eigenvalue weighted by molar-refractivity contribution is 4.90. The van der Waals surface area contributed by atoms with E-state index < -0.39 is 6.43 Å². The molecule has 0 aromatic heterocycles. The van der Waals surface area contributed by atoms with Crippen LogP contribution in [0.3, 0.4) is 0 Å². The Hall–Kier alpha value is -0.140. The van der Waals surface area contributed by atoms with Crippen molar-refractivity contribution in [2.75, 3.05) is 0 Å². The molecule has 10 heavy (non-hydrogen) atoms. The third kappa shape index (κ3) is 1.47. The predicted octanol–water partition coefficient (Wildman–Crippen LogP) is 2.93. The van der Waals surface area contributed by atoms with Gasteiger partial charge in [0.05, 0.1) is 0 Å². The number of hydrogen-bond acceptors (Lipinski definition) is 0. The molecule has 0 aromatic rings. The van der Waals surface area contributed by atoms with Crippen LogP contribution in [0.4, 0.5) is 8.78 Å². The second-order valence-electron chi connectivity index (χ2n) is 3.28. The minimum absolute atomic E-state index is 0.269. The third-order valence-corrected chi connectivity index (χ3v) is 2.59. The normalized spacial score (nSPS) is 34.5. The molecule has 1 aliphatic carbocycles. The van der Waals surface area contributed by atoms with Gasteiger partial charge >= 0.3 is 0 Å². The van der Waals surface area contributed by atoms with Crippen molar-refractivity contribution in [3.05, 3.63) is 0 Å². The molecular formula is C8H14F2. The summed E-state index contributed by atoms with van der Waals surface area (Å²) < 4.78 is 23.9. The standard InChI is InChI=1S/C8H14F2/c1-3-5(2)6-4-7(6)8(9)10/h5-8H,3-4H2,1-2H3. The van der Waals surface area contributed by atoms with Crippen molar-refractivity contribution >= 4 is 0 Å². The molecule has 0 radical (unpaired) electrons. The minimum atomic E-state index is -2.07. The second-order valence-corrected chi connectivity index (χ2v) is 3.28. The molecule has 1 rings (SSSR count). The Morgan fingerprint density at radius 1 is 1.40 bits per heavy atom. The first-order valence-corrected chi connectivity index (χ1v) is 3.95. The molecule has 1 saturated carbocycles. The number of hydrogen-bond donors (Lipinski definition) is 0. The van der Waals surface area contributed by atoms with Crippen LogP contribution in [0, 0.1) is 17.8 Å². The highest BCUT2D eigenvalue weighted by atomic mass is 19.3. The summed E-state index contributed by atoms with van der Waals surface area (Å²) in [4.78, 5) is 0. The Morgan fingerprint density at radius 3 is 2.30 bits per heavy atom. The fourth-order valence-electron chi connectivity index (χ4n) is 1.48. The Balaban J connectivity index is 2.24. The molecule has 0 aliphatic heterocycles. The quantitative estimate of drug-likeness (QED) is 0.577. The van der Waals surface area contributed by atoms with E-state index in [-0.39, 0.29) is 5.92 Å². The van der Waals surface area contributed by atoms with Crippen molar-refractivity contribution < 1.29 is 8.78 Å². The van der Waals surface area contributed by atoms with Gasteiger partial charge in [-0.05, 0) is 18.3 Å². The summed E-state index contributed by atoms with van der Waals surface area (Å²) in [6.45, 7) is 4.12. The maximum Gasteiger partial charge on any atom is 0.241 e. The van der Waals surface area contributed by atoms with Gasteiger partial charge < -0.3 is 0 Å². The van der Waals surface area contributed by atoms with E-state index in [1.54, 1.807) is 0 Å². The SMILES string of the molecule is CCC(C)C1CC1C(F)F. The molecule has 0 nitrogen and oxygen atoms in total. The van der Waals surface area contributed by atoms with Crippen molar-refractivity contribution in [2.24, 2.45) is 17.8 Å². The molecular weight excluding hydrogens is 134 g/mol. The number of halogens is 2. The first-order valence-electron chi connectivity index (χ1n) is 3.95. The van der Waals surface area contributed by atoms with E-state index in [4.69, 9.17) is 0 Å². The monoisotopic (exact) mass is 148 g/mol. The summed E-state index contributed by atoms with van der Waals surface area (Å²) in [5.74, 6) is 0.555. The molecule has 2 heteroatoms. The van der Waals surface area contributed by atoms with Crippen molar-refractivity contribution in [3.8, 4) is 0 Å². The molecule has 0 spiro atoms. The van der Waals surface area contributed by atoms with E-state index in [1.807, 2.05) is 0 Å². The smallest absolute Gasteiger partial charge is 0.210 e. The van der Waals surface area contributed by atoms with Crippen LogP contribution in [-0.2, 0) is 0 Å². The van der Waals surface area contributed by atoms with Crippen LogP contribution < -0.4 is 0 Å². The molecule has 1 aliphatic rings. The topological polar surface area (TPSA) is 0 Å². The lowest BCUT2D eigenvalue weighted by Gasteiger charge is -2.05. The van der Waals surface area contributed by atoms with Crippen LogP contribution in [0.1, 0.15) is 26.7 Å². The number of alkyl halides is 2. The Bertz CT molecular complexity index is 112. The predicted molar refractivity (Wildman–Crippen MR) is 37.1 cm³/mol. The lowest BCUT2D eigenvalue weighted by atomic mass is 10.0. The van der Waals surface area contributed by atoms with Gasteiger partial charge in [0.1, 0.15) is 0 Å². The molecule has 3 unspecified atom stereocenters.